The van der Waals surface area contributed by atoms with Crippen molar-refractivity contribution in [3.8, 4) is 0 Å². The first-order valence-electron chi connectivity index (χ1n) is 6.35. The van der Waals surface area contributed by atoms with Gasteiger partial charge in [0.05, 0.1) is 5.60 Å². The van der Waals surface area contributed by atoms with Crippen LogP contribution in [0.15, 0.2) is 0 Å². The molecule has 96 valence electrons. The minimum absolute atomic E-state index is 0.133. The summed E-state index contributed by atoms with van der Waals surface area (Å²) in [6, 6.07) is 0.466. The molecule has 0 aliphatic carbocycles. The van der Waals surface area contributed by atoms with E-state index in [1.54, 1.807) is 0 Å². The number of β-amino-alcohol motifs (C(OH)–C–C–N with tert-alkyl or cyclic N) is 1. The van der Waals surface area contributed by atoms with E-state index in [-0.39, 0.29) is 11.5 Å². The Hall–Kier alpha value is -0.120. The highest BCUT2D eigenvalue weighted by Crippen LogP contribution is 2.31. The Morgan fingerprint density at radius 1 is 1.38 bits per heavy atom. The second kappa shape index (κ2) is 4.63. The van der Waals surface area contributed by atoms with Gasteiger partial charge < -0.3 is 10.8 Å². The normalized spacial score (nSPS) is 32.4. The van der Waals surface area contributed by atoms with E-state index in [1.807, 2.05) is 6.92 Å². The highest BCUT2D eigenvalue weighted by Gasteiger charge is 2.38. The summed E-state index contributed by atoms with van der Waals surface area (Å²) in [5.41, 5.74) is 5.73. The fourth-order valence-corrected chi connectivity index (χ4v) is 3.16. The zero-order chi connectivity index (χ0) is 12.6. The average Bonchev–Trinajstić information content (AvgIpc) is 1.97. The fourth-order valence-electron chi connectivity index (χ4n) is 3.16. The summed E-state index contributed by atoms with van der Waals surface area (Å²) in [4.78, 5) is 2.37. The van der Waals surface area contributed by atoms with Crippen LogP contribution in [0.3, 0.4) is 0 Å². The van der Waals surface area contributed by atoms with E-state index >= 15 is 0 Å². The minimum Gasteiger partial charge on any atom is -0.389 e. The highest BCUT2D eigenvalue weighted by atomic mass is 16.3. The number of aliphatic hydroxyl groups is 1. The Labute approximate surface area is 100 Å². The molecule has 1 heterocycles. The molecule has 3 unspecified atom stereocenters. The van der Waals surface area contributed by atoms with Crippen LogP contribution in [-0.4, -0.2) is 40.8 Å². The zero-order valence-electron chi connectivity index (χ0n) is 11.5. The molecule has 1 fully saturated rings. The second-order valence-electron chi connectivity index (χ2n) is 6.74. The number of nitrogens with two attached hydrogens (primary N) is 1. The van der Waals surface area contributed by atoms with E-state index in [1.165, 1.54) is 0 Å². The molecule has 1 aliphatic rings. The van der Waals surface area contributed by atoms with Crippen LogP contribution in [-0.2, 0) is 0 Å². The summed E-state index contributed by atoms with van der Waals surface area (Å²) in [5.74, 6) is 0. The molecule has 3 atom stereocenters. The predicted molar refractivity (Wildman–Crippen MR) is 68.3 cm³/mol. The number of piperidine rings is 1. The zero-order valence-corrected chi connectivity index (χ0v) is 11.5. The van der Waals surface area contributed by atoms with Crippen molar-refractivity contribution in [3.05, 3.63) is 0 Å². The summed E-state index contributed by atoms with van der Waals surface area (Å²) < 4.78 is 0. The molecule has 1 rings (SSSR count). The quantitative estimate of drug-likeness (QED) is 0.754. The van der Waals surface area contributed by atoms with Crippen molar-refractivity contribution in [1.29, 1.82) is 0 Å². The first-order valence-corrected chi connectivity index (χ1v) is 6.35. The molecule has 1 saturated heterocycles. The Morgan fingerprint density at radius 3 is 2.31 bits per heavy atom. The van der Waals surface area contributed by atoms with E-state index in [0.717, 1.165) is 25.9 Å². The molecule has 16 heavy (non-hydrogen) atoms. The van der Waals surface area contributed by atoms with Gasteiger partial charge in [0.1, 0.15) is 0 Å². The van der Waals surface area contributed by atoms with Crippen molar-refractivity contribution in [1.82, 2.24) is 4.90 Å². The van der Waals surface area contributed by atoms with Gasteiger partial charge in [-0.1, -0.05) is 20.8 Å². The summed E-state index contributed by atoms with van der Waals surface area (Å²) >= 11 is 0. The van der Waals surface area contributed by atoms with Gasteiger partial charge in [-0.25, -0.2) is 0 Å². The Morgan fingerprint density at radius 2 is 1.94 bits per heavy atom. The Kier molecular flexibility index (Phi) is 4.04. The first kappa shape index (κ1) is 13.9. The van der Waals surface area contributed by atoms with E-state index in [9.17, 15) is 5.11 Å². The summed E-state index contributed by atoms with van der Waals surface area (Å²) in [6.45, 7) is 12.5. The van der Waals surface area contributed by atoms with Crippen molar-refractivity contribution < 1.29 is 5.11 Å². The molecule has 3 nitrogen and oxygen atoms in total. The van der Waals surface area contributed by atoms with Crippen LogP contribution in [0.1, 0.15) is 47.5 Å². The van der Waals surface area contributed by atoms with Crippen LogP contribution >= 0.6 is 0 Å². The van der Waals surface area contributed by atoms with Gasteiger partial charge >= 0.3 is 0 Å². The van der Waals surface area contributed by atoms with Crippen LogP contribution < -0.4 is 5.73 Å². The maximum absolute atomic E-state index is 10.2. The van der Waals surface area contributed by atoms with Gasteiger partial charge in [0.2, 0.25) is 0 Å². The third kappa shape index (κ3) is 3.44. The lowest BCUT2D eigenvalue weighted by Gasteiger charge is -2.47. The molecule has 0 aromatic carbocycles. The molecule has 0 amide bonds. The third-order valence-corrected chi connectivity index (χ3v) is 3.48. The number of likely N-dealkylation sites (tertiary alicyclic amines) is 1. The summed E-state index contributed by atoms with van der Waals surface area (Å²) in [7, 11) is 0. The molecular weight excluding hydrogens is 200 g/mol. The molecule has 0 aromatic rings. The first-order chi connectivity index (χ1) is 7.13. The number of hydrogen-bond donors (Lipinski definition) is 2. The lowest BCUT2D eigenvalue weighted by Crippen LogP contribution is -2.59. The molecule has 3 N–H and O–H groups in total. The van der Waals surface area contributed by atoms with Gasteiger partial charge in [0.15, 0.2) is 0 Å². The van der Waals surface area contributed by atoms with Crippen LogP contribution in [0, 0.1) is 5.41 Å². The van der Waals surface area contributed by atoms with E-state index in [2.05, 4.69) is 32.6 Å². The van der Waals surface area contributed by atoms with Crippen LogP contribution in [0.2, 0.25) is 0 Å². The summed E-state index contributed by atoms with van der Waals surface area (Å²) in [6.07, 6.45) is 1.96. The topological polar surface area (TPSA) is 49.5 Å². The van der Waals surface area contributed by atoms with Gasteiger partial charge in [0, 0.05) is 18.6 Å². The number of rotatable bonds is 2. The molecule has 0 radical (unpaired) electrons. The van der Waals surface area contributed by atoms with Crippen LogP contribution in [0.4, 0.5) is 0 Å². The van der Waals surface area contributed by atoms with Gasteiger partial charge in [0.25, 0.3) is 0 Å². The molecule has 3 heteroatoms. The predicted octanol–water partition coefficient (Wildman–Crippen LogP) is 1.60. The molecule has 1 aliphatic heterocycles. The van der Waals surface area contributed by atoms with E-state index in [0.29, 0.717) is 6.04 Å². The minimum atomic E-state index is -0.545. The fraction of sp³-hybridized carbons (Fsp3) is 1.00. The Balaban J connectivity index is 2.80. The van der Waals surface area contributed by atoms with Gasteiger partial charge in [-0.2, -0.15) is 0 Å². The van der Waals surface area contributed by atoms with Crippen molar-refractivity contribution in [2.24, 2.45) is 11.1 Å². The molecule has 0 spiro atoms. The van der Waals surface area contributed by atoms with Crippen molar-refractivity contribution in [2.45, 2.75) is 65.1 Å². The smallest absolute Gasteiger partial charge is 0.0746 e. The van der Waals surface area contributed by atoms with E-state index < -0.39 is 5.60 Å². The van der Waals surface area contributed by atoms with Crippen LogP contribution in [0.5, 0.6) is 0 Å². The molecule has 0 aromatic heterocycles. The second-order valence-corrected chi connectivity index (χ2v) is 6.74. The SMILES string of the molecule is CC(N)C(N1CCCC(C)(O)C1)C(C)(C)C. The van der Waals surface area contributed by atoms with Crippen molar-refractivity contribution in [2.75, 3.05) is 13.1 Å². The van der Waals surface area contributed by atoms with Gasteiger partial charge in [-0.3, -0.25) is 4.90 Å². The number of nitrogens with zero attached hydrogens (tertiary/aromatic N) is 1. The number of hydrogen-bond acceptors (Lipinski definition) is 3. The molecule has 0 saturated carbocycles. The third-order valence-electron chi connectivity index (χ3n) is 3.48. The van der Waals surface area contributed by atoms with Gasteiger partial charge in [-0.05, 0) is 38.6 Å². The highest BCUT2D eigenvalue weighted by molar-refractivity contribution is 4.94. The average molecular weight is 228 g/mol. The Bertz CT molecular complexity index is 231. The lowest BCUT2D eigenvalue weighted by atomic mass is 9.80. The lowest BCUT2D eigenvalue weighted by molar-refractivity contribution is -0.0514. The maximum Gasteiger partial charge on any atom is 0.0746 e. The van der Waals surface area contributed by atoms with Crippen molar-refractivity contribution >= 4 is 0 Å². The van der Waals surface area contributed by atoms with Crippen molar-refractivity contribution in [3.63, 3.8) is 0 Å². The van der Waals surface area contributed by atoms with Crippen LogP contribution in [0.25, 0.3) is 0 Å². The molecule has 0 bridgehead atoms. The monoisotopic (exact) mass is 228 g/mol. The standard InChI is InChI=1S/C13H28N2O/c1-10(14)11(12(2,3)4)15-8-6-7-13(5,16)9-15/h10-11,16H,6-9,14H2,1-5H3. The largest absolute Gasteiger partial charge is 0.389 e. The van der Waals surface area contributed by atoms with E-state index in [4.69, 9.17) is 5.73 Å². The molecular formula is C13H28N2O. The summed E-state index contributed by atoms with van der Waals surface area (Å²) in [5, 5.41) is 10.2. The maximum atomic E-state index is 10.2. The van der Waals surface area contributed by atoms with Gasteiger partial charge in [-0.15, -0.1) is 0 Å².